The highest BCUT2D eigenvalue weighted by Crippen LogP contribution is 2.37. The molecule has 0 aliphatic carbocycles. The van der Waals surface area contributed by atoms with Gasteiger partial charge in [-0.25, -0.2) is 4.68 Å². The van der Waals surface area contributed by atoms with E-state index in [-0.39, 0.29) is 16.3 Å². The maximum atomic E-state index is 13.4. The molecule has 5 nitrogen and oxygen atoms in total. The highest BCUT2D eigenvalue weighted by Gasteiger charge is 2.40. The van der Waals surface area contributed by atoms with Crippen LogP contribution in [0.5, 0.6) is 0 Å². The first-order valence-electron chi connectivity index (χ1n) is 7.59. The molecule has 0 fully saturated rings. The summed E-state index contributed by atoms with van der Waals surface area (Å²) in [6.07, 6.45) is -4.81. The Labute approximate surface area is 155 Å². The Morgan fingerprint density at radius 1 is 1.11 bits per heavy atom. The molecule has 0 aliphatic rings. The zero-order chi connectivity index (χ0) is 19.8. The van der Waals surface area contributed by atoms with Gasteiger partial charge in [-0.05, 0) is 42.3 Å². The zero-order valence-corrected chi connectivity index (χ0v) is 14.6. The molecule has 138 valence electrons. The fourth-order valence-corrected chi connectivity index (χ4v) is 2.94. The summed E-state index contributed by atoms with van der Waals surface area (Å²) in [5.74, 6) is 0. The van der Waals surface area contributed by atoms with E-state index in [1.54, 1.807) is 30.3 Å². The van der Waals surface area contributed by atoms with Crippen LogP contribution in [0.2, 0.25) is 0 Å². The van der Waals surface area contributed by atoms with Gasteiger partial charge in [-0.1, -0.05) is 29.8 Å². The monoisotopic (exact) mass is 390 g/mol. The quantitative estimate of drug-likeness (QED) is 0.634. The Balaban J connectivity index is 2.29. The highest BCUT2D eigenvalue weighted by atomic mass is 32.2. The molecule has 1 aromatic heterocycles. The van der Waals surface area contributed by atoms with Gasteiger partial charge in [0.1, 0.15) is 11.6 Å². The summed E-state index contributed by atoms with van der Waals surface area (Å²) in [5, 5.41) is 13.0. The molecule has 3 aromatic rings. The Bertz CT molecular complexity index is 1050. The van der Waals surface area contributed by atoms with Gasteiger partial charge in [-0.3, -0.25) is 4.21 Å². The van der Waals surface area contributed by atoms with Gasteiger partial charge in [-0.2, -0.15) is 23.5 Å². The fourth-order valence-electron chi connectivity index (χ4n) is 2.59. The molecule has 0 amide bonds. The maximum Gasteiger partial charge on any atom is 0.436 e. The minimum Gasteiger partial charge on any atom is -0.768 e. The van der Waals surface area contributed by atoms with Crippen LogP contribution in [0.4, 0.5) is 13.2 Å². The van der Waals surface area contributed by atoms with Crippen LogP contribution in [0.15, 0.2) is 53.4 Å². The van der Waals surface area contributed by atoms with Crippen molar-refractivity contribution in [2.45, 2.75) is 18.0 Å². The number of benzene rings is 2. The Kier molecular flexibility index (Phi) is 4.87. The molecule has 0 saturated carbocycles. The topological polar surface area (TPSA) is 81.7 Å². The summed E-state index contributed by atoms with van der Waals surface area (Å²) in [6.45, 7) is 1.83. The van der Waals surface area contributed by atoms with Crippen LogP contribution in [0.25, 0.3) is 16.9 Å². The third kappa shape index (κ3) is 3.63. The van der Waals surface area contributed by atoms with E-state index < -0.39 is 28.5 Å². The van der Waals surface area contributed by atoms with Crippen LogP contribution >= 0.6 is 0 Å². The van der Waals surface area contributed by atoms with E-state index in [1.807, 2.05) is 6.92 Å². The first-order valence-corrected chi connectivity index (χ1v) is 8.67. The molecule has 27 heavy (non-hydrogen) atoms. The van der Waals surface area contributed by atoms with E-state index in [9.17, 15) is 27.2 Å². The van der Waals surface area contributed by atoms with Crippen molar-refractivity contribution in [2.24, 2.45) is 0 Å². The van der Waals surface area contributed by atoms with Gasteiger partial charge < -0.3 is 4.55 Å². The lowest BCUT2D eigenvalue weighted by Gasteiger charge is -2.10. The van der Waals surface area contributed by atoms with Crippen molar-refractivity contribution in [3.63, 3.8) is 0 Å². The summed E-state index contributed by atoms with van der Waals surface area (Å²) in [4.78, 5) is -0.0145. The average molecular weight is 390 g/mol. The van der Waals surface area contributed by atoms with Gasteiger partial charge in [0.25, 0.3) is 0 Å². The lowest BCUT2D eigenvalue weighted by Crippen LogP contribution is -2.08. The first-order chi connectivity index (χ1) is 12.7. The smallest absolute Gasteiger partial charge is 0.436 e. The molecule has 1 atom stereocenters. The number of halogens is 3. The van der Waals surface area contributed by atoms with E-state index in [0.717, 1.165) is 10.2 Å². The lowest BCUT2D eigenvalue weighted by molar-refractivity contribution is -0.141. The van der Waals surface area contributed by atoms with Crippen molar-refractivity contribution in [3.8, 4) is 23.0 Å². The number of nitriles is 1. The summed E-state index contributed by atoms with van der Waals surface area (Å²) in [6, 6.07) is 13.4. The van der Waals surface area contributed by atoms with Crippen LogP contribution in [-0.2, 0) is 17.3 Å². The van der Waals surface area contributed by atoms with Crippen molar-refractivity contribution in [1.29, 1.82) is 5.26 Å². The third-order valence-corrected chi connectivity index (χ3v) is 4.52. The number of rotatable bonds is 3. The second kappa shape index (κ2) is 6.98. The average Bonchev–Trinajstić information content (AvgIpc) is 3.02. The number of nitrogens with zero attached hydrogens (tertiary/aromatic N) is 3. The van der Waals surface area contributed by atoms with Crippen molar-refractivity contribution < 1.29 is 21.9 Å². The third-order valence-electron chi connectivity index (χ3n) is 3.86. The van der Waals surface area contributed by atoms with Gasteiger partial charge in [-0.15, -0.1) is 0 Å². The molecular formula is C18H11F3N3O2S-. The molecule has 0 aliphatic heterocycles. The van der Waals surface area contributed by atoms with Crippen LogP contribution in [0.1, 0.15) is 16.8 Å². The van der Waals surface area contributed by atoms with E-state index in [4.69, 9.17) is 0 Å². The second-order valence-corrected chi connectivity index (χ2v) is 6.63. The minimum absolute atomic E-state index is 0.0131. The van der Waals surface area contributed by atoms with Crippen LogP contribution < -0.4 is 0 Å². The highest BCUT2D eigenvalue weighted by molar-refractivity contribution is 7.79. The largest absolute Gasteiger partial charge is 0.768 e. The SMILES string of the molecule is Cc1ccc(-c2c(C#N)c(C(F)(F)F)nn2-c2ccc(S(=O)[O-])cc2)cc1. The number of alkyl halides is 3. The number of hydrogen-bond donors (Lipinski definition) is 0. The van der Waals surface area contributed by atoms with Crippen molar-refractivity contribution >= 4 is 11.1 Å². The molecule has 3 rings (SSSR count). The van der Waals surface area contributed by atoms with Crippen molar-refractivity contribution in [1.82, 2.24) is 9.78 Å². The zero-order valence-electron chi connectivity index (χ0n) is 13.8. The van der Waals surface area contributed by atoms with E-state index in [2.05, 4.69) is 5.10 Å². The molecule has 2 aromatic carbocycles. The molecular weight excluding hydrogens is 379 g/mol. The van der Waals surface area contributed by atoms with E-state index in [1.165, 1.54) is 24.3 Å². The van der Waals surface area contributed by atoms with Crippen LogP contribution in [0.3, 0.4) is 0 Å². The molecule has 1 heterocycles. The summed E-state index contributed by atoms with van der Waals surface area (Å²) in [7, 11) is 0. The molecule has 1 unspecified atom stereocenters. The number of aryl methyl sites for hydroxylation is 1. The molecule has 9 heteroatoms. The van der Waals surface area contributed by atoms with E-state index >= 15 is 0 Å². The van der Waals surface area contributed by atoms with Crippen LogP contribution in [-0.4, -0.2) is 18.5 Å². The standard InChI is InChI=1S/C18H12F3N3O2S/c1-11-2-4-12(5-3-11)16-15(10-22)17(18(19,20)21)23-24(16)13-6-8-14(9-7-13)27(25)26/h2-9H,1H3,(H,25,26)/p-1. The predicted molar refractivity (Wildman–Crippen MR) is 90.6 cm³/mol. The second-order valence-electron chi connectivity index (χ2n) is 5.69. The maximum absolute atomic E-state index is 13.4. The summed E-state index contributed by atoms with van der Waals surface area (Å²) in [5.41, 5.74) is -0.411. The lowest BCUT2D eigenvalue weighted by atomic mass is 10.0. The number of aromatic nitrogens is 2. The Morgan fingerprint density at radius 2 is 1.70 bits per heavy atom. The predicted octanol–water partition coefficient (Wildman–Crippen LogP) is 3.98. The Morgan fingerprint density at radius 3 is 2.19 bits per heavy atom. The number of hydrogen-bond acceptors (Lipinski definition) is 4. The summed E-state index contributed by atoms with van der Waals surface area (Å²) < 4.78 is 63.1. The molecule has 0 spiro atoms. The molecule has 0 saturated heterocycles. The van der Waals surface area contributed by atoms with Gasteiger partial charge in [0.2, 0.25) is 0 Å². The molecule has 0 bridgehead atoms. The first kappa shape index (κ1) is 18.8. The molecule has 0 N–H and O–H groups in total. The van der Waals surface area contributed by atoms with Crippen molar-refractivity contribution in [2.75, 3.05) is 0 Å². The fraction of sp³-hybridized carbons (Fsp3) is 0.111. The van der Waals surface area contributed by atoms with Gasteiger partial charge in [0.05, 0.1) is 11.4 Å². The van der Waals surface area contributed by atoms with Gasteiger partial charge in [0, 0.05) is 10.5 Å². The van der Waals surface area contributed by atoms with Gasteiger partial charge in [0.15, 0.2) is 5.69 Å². The normalized spacial score (nSPS) is 12.6. The van der Waals surface area contributed by atoms with Gasteiger partial charge >= 0.3 is 6.18 Å². The van der Waals surface area contributed by atoms with E-state index in [0.29, 0.717) is 5.56 Å². The molecule has 0 radical (unpaired) electrons. The van der Waals surface area contributed by atoms with Crippen molar-refractivity contribution in [3.05, 3.63) is 65.4 Å². The van der Waals surface area contributed by atoms with Crippen LogP contribution in [0, 0.1) is 18.3 Å². The summed E-state index contributed by atoms with van der Waals surface area (Å²) >= 11 is -2.46. The Hall–Kier alpha value is -2.96. The minimum atomic E-state index is -4.81.